The Balaban J connectivity index is 2.08. The number of benzene rings is 2. The fraction of sp³-hybridized carbons (Fsp3) is 0.389. The van der Waals surface area contributed by atoms with Gasteiger partial charge in [0.1, 0.15) is 0 Å². The molecule has 3 rings (SSSR count). The second kappa shape index (κ2) is 4.85. The van der Waals surface area contributed by atoms with Gasteiger partial charge in [-0.05, 0) is 43.2 Å². The van der Waals surface area contributed by atoms with Crippen LogP contribution in [0, 0.1) is 0 Å². The second-order valence-electron chi connectivity index (χ2n) is 6.85. The number of carbonyl (C=O) groups excluding carboxylic acids is 1. The van der Waals surface area contributed by atoms with E-state index in [4.69, 9.17) is 5.73 Å². The van der Waals surface area contributed by atoms with Crippen molar-refractivity contribution in [3.05, 3.63) is 48.0 Å². The van der Waals surface area contributed by atoms with Gasteiger partial charge in [0.25, 0.3) is 0 Å². The molecule has 1 saturated heterocycles. The number of likely N-dealkylation sites (tertiary alicyclic amines) is 1. The van der Waals surface area contributed by atoms with Crippen molar-refractivity contribution in [2.45, 2.75) is 44.8 Å². The molecule has 3 nitrogen and oxygen atoms in total. The number of nitrogens with two attached hydrogens (primary N) is 1. The fourth-order valence-electron chi connectivity index (χ4n) is 3.34. The molecule has 2 unspecified atom stereocenters. The van der Waals surface area contributed by atoms with Crippen LogP contribution in [0.3, 0.4) is 0 Å². The lowest BCUT2D eigenvalue weighted by Crippen LogP contribution is -2.45. The normalized spacial score (nSPS) is 23.0. The van der Waals surface area contributed by atoms with E-state index < -0.39 is 0 Å². The smallest absolute Gasteiger partial charge is 0.225 e. The van der Waals surface area contributed by atoms with Gasteiger partial charge in [0.2, 0.25) is 5.91 Å². The maximum atomic E-state index is 12.3. The van der Waals surface area contributed by atoms with E-state index in [0.29, 0.717) is 6.42 Å². The highest BCUT2D eigenvalue weighted by atomic mass is 16.2. The zero-order valence-electron chi connectivity index (χ0n) is 12.8. The largest absolute Gasteiger partial charge is 0.329 e. The molecule has 1 fully saturated rings. The number of fused-ring (bicyclic) bond motifs is 1. The maximum absolute atomic E-state index is 12.3. The molecule has 0 radical (unpaired) electrons. The lowest BCUT2D eigenvalue weighted by Gasteiger charge is -2.38. The van der Waals surface area contributed by atoms with Gasteiger partial charge >= 0.3 is 0 Å². The third-order valence-corrected chi connectivity index (χ3v) is 4.20. The summed E-state index contributed by atoms with van der Waals surface area (Å²) < 4.78 is 0. The van der Waals surface area contributed by atoms with Crippen LogP contribution in [0.25, 0.3) is 10.8 Å². The summed E-state index contributed by atoms with van der Waals surface area (Å²) >= 11 is 0. The SMILES string of the molecule is CC(C)(C)N1C(=O)CC(N)C1c1ccc2ccccc2c1. The van der Waals surface area contributed by atoms with Crippen LogP contribution in [-0.4, -0.2) is 22.4 Å². The number of rotatable bonds is 1. The number of carbonyl (C=O) groups is 1. The van der Waals surface area contributed by atoms with E-state index in [-0.39, 0.29) is 23.5 Å². The van der Waals surface area contributed by atoms with Crippen molar-refractivity contribution in [2.24, 2.45) is 5.73 Å². The summed E-state index contributed by atoms with van der Waals surface area (Å²) in [6.07, 6.45) is 0.425. The topological polar surface area (TPSA) is 46.3 Å². The summed E-state index contributed by atoms with van der Waals surface area (Å²) in [5, 5.41) is 2.40. The van der Waals surface area contributed by atoms with Crippen LogP contribution in [0.2, 0.25) is 0 Å². The van der Waals surface area contributed by atoms with E-state index in [1.54, 1.807) is 0 Å². The average molecular weight is 282 g/mol. The van der Waals surface area contributed by atoms with Gasteiger partial charge in [0.15, 0.2) is 0 Å². The van der Waals surface area contributed by atoms with Crippen LogP contribution in [0.1, 0.15) is 38.8 Å². The Morgan fingerprint density at radius 2 is 1.76 bits per heavy atom. The predicted molar refractivity (Wildman–Crippen MR) is 85.9 cm³/mol. The zero-order chi connectivity index (χ0) is 15.2. The maximum Gasteiger partial charge on any atom is 0.225 e. The van der Waals surface area contributed by atoms with E-state index in [2.05, 4.69) is 51.1 Å². The van der Waals surface area contributed by atoms with Crippen LogP contribution in [0.4, 0.5) is 0 Å². The quantitative estimate of drug-likeness (QED) is 0.872. The number of nitrogens with zero attached hydrogens (tertiary/aromatic N) is 1. The molecule has 1 amide bonds. The van der Waals surface area contributed by atoms with E-state index in [9.17, 15) is 4.79 Å². The summed E-state index contributed by atoms with van der Waals surface area (Å²) in [5.74, 6) is 0.146. The third-order valence-electron chi connectivity index (χ3n) is 4.20. The minimum absolute atomic E-state index is 0.0397. The van der Waals surface area contributed by atoms with Gasteiger partial charge in [-0.15, -0.1) is 0 Å². The van der Waals surface area contributed by atoms with Gasteiger partial charge in [0.05, 0.1) is 6.04 Å². The van der Waals surface area contributed by atoms with E-state index in [0.717, 1.165) is 5.56 Å². The Bertz CT molecular complexity index is 687. The zero-order valence-corrected chi connectivity index (χ0v) is 12.8. The fourth-order valence-corrected chi connectivity index (χ4v) is 3.34. The van der Waals surface area contributed by atoms with Gasteiger partial charge in [-0.3, -0.25) is 4.79 Å². The van der Waals surface area contributed by atoms with E-state index >= 15 is 0 Å². The van der Waals surface area contributed by atoms with Crippen molar-refractivity contribution in [3.63, 3.8) is 0 Å². The van der Waals surface area contributed by atoms with Gasteiger partial charge in [-0.1, -0.05) is 36.4 Å². The standard InChI is InChI=1S/C18H22N2O/c1-18(2,3)20-16(21)11-15(19)17(20)14-9-8-12-6-4-5-7-13(12)10-14/h4-10,15,17H,11,19H2,1-3H3. The molecule has 2 atom stereocenters. The molecule has 1 aliphatic rings. The summed E-state index contributed by atoms with van der Waals surface area (Å²) in [7, 11) is 0. The molecule has 1 aliphatic heterocycles. The van der Waals surface area contributed by atoms with Gasteiger partial charge < -0.3 is 10.6 Å². The monoisotopic (exact) mass is 282 g/mol. The van der Waals surface area contributed by atoms with Crippen molar-refractivity contribution >= 4 is 16.7 Å². The molecule has 2 aromatic carbocycles. The molecule has 3 heteroatoms. The summed E-state index contributed by atoms with van der Waals surface area (Å²) in [6.45, 7) is 6.20. The summed E-state index contributed by atoms with van der Waals surface area (Å²) in [4.78, 5) is 14.3. The number of amides is 1. The van der Waals surface area contributed by atoms with Crippen LogP contribution < -0.4 is 5.73 Å². The highest BCUT2D eigenvalue weighted by molar-refractivity contribution is 5.84. The Kier molecular flexibility index (Phi) is 3.25. The van der Waals surface area contributed by atoms with Crippen LogP contribution in [0.5, 0.6) is 0 Å². The molecule has 2 aromatic rings. The van der Waals surface area contributed by atoms with Crippen LogP contribution >= 0.6 is 0 Å². The predicted octanol–water partition coefficient (Wildman–Crippen LogP) is 3.24. The van der Waals surface area contributed by atoms with Crippen LogP contribution in [0.15, 0.2) is 42.5 Å². The van der Waals surface area contributed by atoms with Crippen molar-refractivity contribution < 1.29 is 4.79 Å². The van der Waals surface area contributed by atoms with Crippen LogP contribution in [-0.2, 0) is 4.79 Å². The molecule has 21 heavy (non-hydrogen) atoms. The molecule has 0 aliphatic carbocycles. The molecule has 110 valence electrons. The average Bonchev–Trinajstić information content (AvgIpc) is 2.73. The summed E-state index contributed by atoms with van der Waals surface area (Å²) in [6, 6.07) is 14.5. The first-order valence-electron chi connectivity index (χ1n) is 7.44. The Hall–Kier alpha value is -1.87. The molecule has 1 heterocycles. The lowest BCUT2D eigenvalue weighted by atomic mass is 9.95. The Morgan fingerprint density at radius 3 is 2.43 bits per heavy atom. The first kappa shape index (κ1) is 14.1. The molecule has 0 bridgehead atoms. The lowest BCUT2D eigenvalue weighted by molar-refractivity contribution is -0.133. The molecular formula is C18H22N2O. The van der Waals surface area contributed by atoms with Gasteiger partial charge in [-0.2, -0.15) is 0 Å². The molecule has 0 aromatic heterocycles. The Labute approximate surface area is 125 Å². The van der Waals surface area contributed by atoms with Crippen molar-refractivity contribution in [2.75, 3.05) is 0 Å². The Morgan fingerprint density at radius 1 is 1.10 bits per heavy atom. The van der Waals surface area contributed by atoms with Gasteiger partial charge in [0, 0.05) is 18.0 Å². The second-order valence-corrected chi connectivity index (χ2v) is 6.85. The first-order valence-corrected chi connectivity index (χ1v) is 7.44. The molecule has 2 N–H and O–H groups in total. The molecule has 0 spiro atoms. The molecular weight excluding hydrogens is 260 g/mol. The minimum atomic E-state index is -0.221. The van der Waals surface area contributed by atoms with E-state index in [1.165, 1.54) is 10.8 Å². The van der Waals surface area contributed by atoms with Crippen molar-refractivity contribution in [1.82, 2.24) is 4.90 Å². The molecule has 0 saturated carbocycles. The number of hydrogen-bond donors (Lipinski definition) is 1. The summed E-state index contributed by atoms with van der Waals surface area (Å²) in [5.41, 5.74) is 7.18. The highest BCUT2D eigenvalue weighted by Crippen LogP contribution is 2.38. The number of hydrogen-bond acceptors (Lipinski definition) is 2. The van der Waals surface area contributed by atoms with Crippen molar-refractivity contribution in [3.8, 4) is 0 Å². The van der Waals surface area contributed by atoms with Crippen molar-refractivity contribution in [1.29, 1.82) is 0 Å². The third kappa shape index (κ3) is 2.42. The van der Waals surface area contributed by atoms with E-state index in [1.807, 2.05) is 17.0 Å². The first-order chi connectivity index (χ1) is 9.88. The highest BCUT2D eigenvalue weighted by Gasteiger charge is 2.43. The minimum Gasteiger partial charge on any atom is -0.329 e. The van der Waals surface area contributed by atoms with Gasteiger partial charge in [-0.25, -0.2) is 0 Å².